The Morgan fingerprint density at radius 2 is 1.73 bits per heavy atom. The summed E-state index contributed by atoms with van der Waals surface area (Å²) in [6.45, 7) is 2.97. The number of hydrogen-bond donors (Lipinski definition) is 2. The van der Waals surface area contributed by atoms with Crippen LogP contribution < -0.4 is 10.6 Å². The maximum Gasteiger partial charge on any atom is 0.160 e. The van der Waals surface area contributed by atoms with Gasteiger partial charge >= 0.3 is 0 Å². The van der Waals surface area contributed by atoms with Gasteiger partial charge in [-0.15, -0.1) is 0 Å². The van der Waals surface area contributed by atoms with Crippen LogP contribution in [0.15, 0.2) is 48.9 Å². The fraction of sp³-hybridized carbons (Fsp3) is 0.419. The number of aromatic nitrogens is 4. The molecular weight excluding hydrogens is 508 g/mol. The molecule has 0 unspecified atom stereocenters. The number of rotatable bonds is 8. The number of nitrogens with zero attached hydrogens (tertiary/aromatic N) is 5. The van der Waals surface area contributed by atoms with Gasteiger partial charge in [-0.05, 0) is 87.4 Å². The molecule has 7 rings (SSSR count). The van der Waals surface area contributed by atoms with Crippen molar-refractivity contribution in [1.29, 1.82) is 0 Å². The first kappa shape index (κ1) is 25.4. The monoisotopic (exact) mass is 541 g/mol. The summed E-state index contributed by atoms with van der Waals surface area (Å²) in [6.07, 6.45) is 14.1. The second kappa shape index (κ2) is 10.8. The summed E-state index contributed by atoms with van der Waals surface area (Å²) >= 11 is 0. The van der Waals surface area contributed by atoms with Gasteiger partial charge in [0.1, 0.15) is 23.1 Å². The molecule has 3 aromatic heterocycles. The minimum Gasteiger partial charge on any atom is -0.335 e. The smallest absolute Gasteiger partial charge is 0.160 e. The molecule has 0 atom stereocenters. The van der Waals surface area contributed by atoms with Crippen molar-refractivity contribution in [2.45, 2.75) is 69.5 Å². The number of halogens is 2. The van der Waals surface area contributed by atoms with Gasteiger partial charge in [0.05, 0.1) is 17.4 Å². The molecule has 0 amide bonds. The van der Waals surface area contributed by atoms with Gasteiger partial charge in [0.2, 0.25) is 0 Å². The molecule has 3 aliphatic rings. The van der Waals surface area contributed by atoms with E-state index in [4.69, 9.17) is 9.97 Å². The zero-order valence-electron chi connectivity index (χ0n) is 22.4. The molecular formula is C31H33F2N7. The third kappa shape index (κ3) is 5.15. The minimum absolute atomic E-state index is 0.238. The lowest BCUT2D eigenvalue weighted by Gasteiger charge is -2.42. The fourth-order valence-electron chi connectivity index (χ4n) is 5.99. The molecule has 1 saturated heterocycles. The van der Waals surface area contributed by atoms with Crippen molar-refractivity contribution in [3.05, 3.63) is 71.8 Å². The molecule has 7 nitrogen and oxygen atoms in total. The van der Waals surface area contributed by atoms with Gasteiger partial charge < -0.3 is 15.5 Å². The Bertz CT molecular complexity index is 1510. The van der Waals surface area contributed by atoms with E-state index in [9.17, 15) is 8.78 Å². The molecule has 206 valence electrons. The Balaban J connectivity index is 1.17. The normalized spacial score (nSPS) is 18.6. The average molecular weight is 542 g/mol. The molecule has 4 aromatic rings. The second-order valence-corrected chi connectivity index (χ2v) is 11.3. The number of para-hydroxylation sites is 1. The number of pyridine rings is 2. The van der Waals surface area contributed by atoms with E-state index in [-0.39, 0.29) is 5.69 Å². The van der Waals surface area contributed by atoms with E-state index in [0.717, 1.165) is 48.6 Å². The minimum atomic E-state index is -0.681. The van der Waals surface area contributed by atoms with Crippen molar-refractivity contribution >= 4 is 22.4 Å². The van der Waals surface area contributed by atoms with Crippen LogP contribution in [0.3, 0.4) is 0 Å². The second-order valence-electron chi connectivity index (χ2n) is 11.3. The largest absolute Gasteiger partial charge is 0.335 e. The molecule has 40 heavy (non-hydrogen) atoms. The molecule has 4 heterocycles. The van der Waals surface area contributed by atoms with E-state index in [2.05, 4.69) is 25.5 Å². The third-order valence-electron chi connectivity index (χ3n) is 8.64. The Hall–Kier alpha value is -3.56. The molecule has 0 bridgehead atoms. The maximum absolute atomic E-state index is 14.2. The van der Waals surface area contributed by atoms with Gasteiger partial charge in [-0.1, -0.05) is 12.5 Å². The van der Waals surface area contributed by atoms with E-state index in [1.807, 2.05) is 18.5 Å². The van der Waals surface area contributed by atoms with E-state index < -0.39 is 11.6 Å². The number of piperidine rings is 1. The summed E-state index contributed by atoms with van der Waals surface area (Å²) in [7, 11) is 0. The molecule has 2 N–H and O–H groups in total. The van der Waals surface area contributed by atoms with Crippen molar-refractivity contribution < 1.29 is 8.78 Å². The fourth-order valence-corrected chi connectivity index (χ4v) is 5.99. The van der Waals surface area contributed by atoms with E-state index in [0.29, 0.717) is 35.7 Å². The van der Waals surface area contributed by atoms with Crippen molar-refractivity contribution in [3.8, 4) is 11.4 Å². The number of nitrogens with one attached hydrogen (secondary N) is 2. The Morgan fingerprint density at radius 1 is 0.925 bits per heavy atom. The van der Waals surface area contributed by atoms with Crippen molar-refractivity contribution in [2.75, 3.05) is 18.4 Å². The molecule has 9 heteroatoms. The number of likely N-dealkylation sites (tertiary alicyclic amines) is 1. The first-order chi connectivity index (χ1) is 19.6. The van der Waals surface area contributed by atoms with E-state index in [1.165, 1.54) is 55.9 Å². The predicted molar refractivity (Wildman–Crippen MR) is 151 cm³/mol. The van der Waals surface area contributed by atoms with Crippen LogP contribution >= 0.6 is 0 Å². The predicted octanol–water partition coefficient (Wildman–Crippen LogP) is 6.09. The van der Waals surface area contributed by atoms with Crippen molar-refractivity contribution in [1.82, 2.24) is 30.2 Å². The quantitative estimate of drug-likeness (QED) is 0.279. The number of anilines is 2. The number of hydrogen-bond acceptors (Lipinski definition) is 7. The zero-order valence-corrected chi connectivity index (χ0v) is 22.4. The lowest BCUT2D eigenvalue weighted by molar-refractivity contribution is 0.0921. The average Bonchev–Trinajstić information content (AvgIpc) is 3.79. The Labute approximate surface area is 232 Å². The van der Waals surface area contributed by atoms with Gasteiger partial charge in [-0.3, -0.25) is 4.98 Å². The molecule has 2 saturated carbocycles. The third-order valence-corrected chi connectivity index (χ3v) is 8.64. The van der Waals surface area contributed by atoms with E-state index >= 15 is 0 Å². The van der Waals surface area contributed by atoms with Crippen LogP contribution in [0, 0.1) is 11.6 Å². The SMILES string of the molecule is Fc1cccc(F)c1Nc1cc(-c2nc(CNC3CCN(C4CCC4)CC3)c3c(C4CC4)cncc3n2)ccn1. The summed E-state index contributed by atoms with van der Waals surface area (Å²) < 4.78 is 28.5. The molecule has 0 radical (unpaired) electrons. The van der Waals surface area contributed by atoms with Gasteiger partial charge in [0.15, 0.2) is 5.82 Å². The summed E-state index contributed by atoms with van der Waals surface area (Å²) in [6, 6.07) is 8.56. The highest BCUT2D eigenvalue weighted by Crippen LogP contribution is 2.43. The highest BCUT2D eigenvalue weighted by atomic mass is 19.1. The summed E-state index contributed by atoms with van der Waals surface area (Å²) in [5.41, 5.74) is 3.49. The van der Waals surface area contributed by atoms with Crippen molar-refractivity contribution in [3.63, 3.8) is 0 Å². The van der Waals surface area contributed by atoms with Crippen LogP contribution in [0.4, 0.5) is 20.3 Å². The summed E-state index contributed by atoms with van der Waals surface area (Å²) in [5.74, 6) is 0.00759. The molecule has 2 aliphatic carbocycles. The zero-order chi connectivity index (χ0) is 27.1. The van der Waals surface area contributed by atoms with Gasteiger partial charge in [-0.25, -0.2) is 23.7 Å². The molecule has 1 aromatic carbocycles. The van der Waals surface area contributed by atoms with Crippen LogP contribution in [0.5, 0.6) is 0 Å². The van der Waals surface area contributed by atoms with E-state index in [1.54, 1.807) is 12.3 Å². The summed E-state index contributed by atoms with van der Waals surface area (Å²) in [5, 5.41) is 7.68. The van der Waals surface area contributed by atoms with Crippen LogP contribution in [-0.2, 0) is 6.54 Å². The summed E-state index contributed by atoms with van der Waals surface area (Å²) in [4.78, 5) is 21.4. The first-order valence-corrected chi connectivity index (χ1v) is 14.4. The molecule has 0 spiro atoms. The van der Waals surface area contributed by atoms with Crippen LogP contribution in [0.25, 0.3) is 22.3 Å². The van der Waals surface area contributed by atoms with Gasteiger partial charge in [0, 0.05) is 42.0 Å². The standard InChI is InChI=1S/C31H33F2N7/c32-24-5-2-6-25(33)30(24)39-28-15-20(9-12-35-28)31-37-26-17-34-16-23(19-7-8-19)29(26)27(38-31)18-36-21-10-13-40(14-11-21)22-3-1-4-22/h2,5-6,9,12,15-17,19,21-22,36H,1,3-4,7-8,10-11,13-14,18H2,(H,35,39). The molecule has 3 fully saturated rings. The highest BCUT2D eigenvalue weighted by Gasteiger charge is 2.30. The van der Waals surface area contributed by atoms with Crippen molar-refractivity contribution in [2.24, 2.45) is 0 Å². The highest BCUT2D eigenvalue weighted by molar-refractivity contribution is 5.86. The molecule has 1 aliphatic heterocycles. The maximum atomic E-state index is 14.2. The van der Waals surface area contributed by atoms with Crippen LogP contribution in [0.1, 0.15) is 62.1 Å². The number of benzene rings is 1. The first-order valence-electron chi connectivity index (χ1n) is 14.4. The number of fused-ring (bicyclic) bond motifs is 1. The van der Waals surface area contributed by atoms with Gasteiger partial charge in [0.25, 0.3) is 0 Å². The van der Waals surface area contributed by atoms with Crippen LogP contribution in [0.2, 0.25) is 0 Å². The lowest BCUT2D eigenvalue weighted by Crippen LogP contribution is -2.48. The van der Waals surface area contributed by atoms with Crippen LogP contribution in [-0.4, -0.2) is 50.0 Å². The lowest BCUT2D eigenvalue weighted by atomic mass is 9.89. The topological polar surface area (TPSA) is 78.9 Å². The Morgan fingerprint density at radius 3 is 2.45 bits per heavy atom. The Kier molecular flexibility index (Phi) is 6.85. The van der Waals surface area contributed by atoms with Gasteiger partial charge in [-0.2, -0.15) is 0 Å².